The van der Waals surface area contributed by atoms with Crippen LogP contribution in [-0.2, 0) is 22.0 Å². The van der Waals surface area contributed by atoms with Crippen LogP contribution in [0.3, 0.4) is 0 Å². The van der Waals surface area contributed by atoms with Gasteiger partial charge < -0.3 is 10.1 Å². The van der Waals surface area contributed by atoms with Crippen LogP contribution in [0.4, 0.5) is 5.69 Å². The van der Waals surface area contributed by atoms with Gasteiger partial charge in [-0.25, -0.2) is 8.42 Å². The molecular weight excluding hydrogens is 587 g/mol. The van der Waals surface area contributed by atoms with E-state index in [2.05, 4.69) is 60.8 Å². The van der Waals surface area contributed by atoms with E-state index in [1.54, 1.807) is 24.3 Å². The zero-order chi connectivity index (χ0) is 26.5. The van der Waals surface area contributed by atoms with Crippen LogP contribution in [0.25, 0.3) is 0 Å². The predicted molar refractivity (Wildman–Crippen MR) is 154 cm³/mol. The van der Waals surface area contributed by atoms with E-state index >= 15 is 0 Å². The largest absolute Gasteiger partial charge is 0.492 e. The van der Waals surface area contributed by atoms with E-state index in [-0.39, 0.29) is 17.9 Å². The first-order valence-corrected chi connectivity index (χ1v) is 14.6. The summed E-state index contributed by atoms with van der Waals surface area (Å²) in [5.41, 5.74) is 4.15. The van der Waals surface area contributed by atoms with Crippen molar-refractivity contribution in [3.8, 4) is 5.75 Å². The molecule has 0 aliphatic carbocycles. The van der Waals surface area contributed by atoms with Gasteiger partial charge in [-0.05, 0) is 94.1 Å². The molecule has 0 radical (unpaired) electrons. The van der Waals surface area contributed by atoms with Crippen LogP contribution in [0.15, 0.2) is 66.7 Å². The number of amides is 1. The second-order valence-corrected chi connectivity index (χ2v) is 12.9. The normalized spacial score (nSPS) is 11.7. The van der Waals surface area contributed by atoms with Crippen LogP contribution >= 0.6 is 22.6 Å². The number of anilines is 1. The molecule has 1 N–H and O–H groups in total. The molecule has 0 unspecified atom stereocenters. The van der Waals surface area contributed by atoms with Crippen LogP contribution in [0.2, 0.25) is 0 Å². The van der Waals surface area contributed by atoms with Crippen LogP contribution in [0.1, 0.15) is 47.8 Å². The van der Waals surface area contributed by atoms with Gasteiger partial charge in [0.1, 0.15) is 12.4 Å². The fraction of sp³-hybridized carbons (Fsp3) is 0.321. The molecular formula is C28H33IN2O4S. The maximum Gasteiger partial charge on any atom is 0.251 e. The summed E-state index contributed by atoms with van der Waals surface area (Å²) in [6, 6.07) is 20.6. The van der Waals surface area contributed by atoms with Crippen molar-refractivity contribution in [1.29, 1.82) is 0 Å². The number of hydrogen-bond acceptors (Lipinski definition) is 4. The van der Waals surface area contributed by atoms with Gasteiger partial charge in [0.25, 0.3) is 5.91 Å². The van der Waals surface area contributed by atoms with E-state index in [1.165, 1.54) is 16.1 Å². The maximum atomic E-state index is 12.5. The summed E-state index contributed by atoms with van der Waals surface area (Å²) in [6.45, 7) is 9.30. The summed E-state index contributed by atoms with van der Waals surface area (Å²) >= 11 is 2.20. The van der Waals surface area contributed by atoms with E-state index in [0.29, 0.717) is 24.4 Å². The molecule has 8 heteroatoms. The van der Waals surface area contributed by atoms with Crippen LogP contribution in [-0.4, -0.2) is 33.7 Å². The van der Waals surface area contributed by atoms with Crippen molar-refractivity contribution in [3.63, 3.8) is 0 Å². The van der Waals surface area contributed by atoms with E-state index in [4.69, 9.17) is 4.74 Å². The Balaban J connectivity index is 1.56. The van der Waals surface area contributed by atoms with Gasteiger partial charge in [-0.15, -0.1) is 0 Å². The molecule has 3 aromatic rings. The molecule has 3 rings (SSSR count). The molecule has 0 fully saturated rings. The van der Waals surface area contributed by atoms with E-state index in [1.807, 2.05) is 37.3 Å². The Morgan fingerprint density at radius 2 is 1.64 bits per heavy atom. The second-order valence-electron chi connectivity index (χ2n) is 9.78. The molecule has 6 nitrogen and oxygen atoms in total. The van der Waals surface area contributed by atoms with Gasteiger partial charge in [-0.3, -0.25) is 9.10 Å². The molecule has 0 saturated heterocycles. The first-order valence-electron chi connectivity index (χ1n) is 11.7. The first kappa shape index (κ1) is 28.0. The third-order valence-electron chi connectivity index (χ3n) is 5.75. The van der Waals surface area contributed by atoms with E-state index in [0.717, 1.165) is 20.4 Å². The molecule has 192 valence electrons. The third kappa shape index (κ3) is 7.70. The Bertz CT molecular complexity index is 1300. The smallest absolute Gasteiger partial charge is 0.251 e. The fourth-order valence-corrected chi connectivity index (χ4v) is 5.29. The van der Waals surface area contributed by atoms with E-state index in [9.17, 15) is 13.2 Å². The number of rotatable bonds is 9. The van der Waals surface area contributed by atoms with Crippen molar-refractivity contribution in [2.24, 2.45) is 0 Å². The Labute approximate surface area is 228 Å². The number of carbonyl (C=O) groups is 1. The van der Waals surface area contributed by atoms with Gasteiger partial charge in [-0.2, -0.15) is 0 Å². The monoisotopic (exact) mass is 620 g/mol. The van der Waals surface area contributed by atoms with Crippen LogP contribution in [0.5, 0.6) is 5.75 Å². The topological polar surface area (TPSA) is 75.7 Å². The van der Waals surface area contributed by atoms with Crippen molar-refractivity contribution < 1.29 is 17.9 Å². The average Bonchev–Trinajstić information content (AvgIpc) is 2.80. The highest BCUT2D eigenvalue weighted by Crippen LogP contribution is 2.27. The van der Waals surface area contributed by atoms with Crippen LogP contribution < -0.4 is 14.4 Å². The van der Waals surface area contributed by atoms with Crippen molar-refractivity contribution in [1.82, 2.24) is 5.32 Å². The van der Waals surface area contributed by atoms with Gasteiger partial charge >= 0.3 is 0 Å². The number of nitrogens with zero attached hydrogens (tertiary/aromatic N) is 1. The minimum atomic E-state index is -3.49. The number of aryl methyl sites for hydroxylation is 1. The lowest BCUT2D eigenvalue weighted by atomic mass is 9.87. The summed E-state index contributed by atoms with van der Waals surface area (Å²) in [5, 5.41) is 2.86. The maximum absolute atomic E-state index is 12.5. The Kier molecular flexibility index (Phi) is 9.05. The minimum absolute atomic E-state index is 0.0878. The average molecular weight is 621 g/mol. The lowest BCUT2D eigenvalue weighted by Gasteiger charge is -2.24. The number of nitrogens with one attached hydrogen (secondary N) is 1. The number of sulfonamides is 1. The van der Waals surface area contributed by atoms with Gasteiger partial charge in [0, 0.05) is 9.13 Å². The van der Waals surface area contributed by atoms with Crippen molar-refractivity contribution >= 4 is 44.2 Å². The SMILES string of the molecule is Cc1cc(I)ccc1N(Cc1ccc(C(=O)NCCOc2ccc(C(C)(C)C)cc2)cc1)S(C)(=O)=O. The fourth-order valence-electron chi connectivity index (χ4n) is 3.69. The molecule has 1 amide bonds. The highest BCUT2D eigenvalue weighted by molar-refractivity contribution is 14.1. The first-order chi connectivity index (χ1) is 16.8. The van der Waals surface area contributed by atoms with Gasteiger partial charge in [0.05, 0.1) is 25.0 Å². The molecule has 0 heterocycles. The van der Waals surface area contributed by atoms with Gasteiger partial charge in [-0.1, -0.05) is 45.0 Å². The Morgan fingerprint density at radius 3 is 2.19 bits per heavy atom. The number of halogens is 1. The molecule has 0 saturated carbocycles. The van der Waals surface area contributed by atoms with E-state index < -0.39 is 10.0 Å². The summed E-state index contributed by atoms with van der Waals surface area (Å²) < 4.78 is 33.2. The number of benzene rings is 3. The Morgan fingerprint density at radius 1 is 1.00 bits per heavy atom. The standard InChI is InChI=1S/C28H33IN2O4S/c1-20-18-24(29)12-15-26(20)31(36(5,33)34)19-21-6-8-22(9-7-21)27(32)30-16-17-35-25-13-10-23(11-14-25)28(2,3)4/h6-15,18H,16-17,19H2,1-5H3,(H,30,32). The van der Waals surface area contributed by atoms with Crippen molar-refractivity contribution in [3.05, 3.63) is 92.6 Å². The molecule has 0 aliphatic rings. The number of carbonyl (C=O) groups excluding carboxylic acids is 1. The zero-order valence-electron chi connectivity index (χ0n) is 21.3. The molecule has 0 atom stereocenters. The summed E-state index contributed by atoms with van der Waals surface area (Å²) in [7, 11) is -3.49. The minimum Gasteiger partial charge on any atom is -0.492 e. The molecule has 36 heavy (non-hydrogen) atoms. The molecule has 0 spiro atoms. The number of hydrogen-bond donors (Lipinski definition) is 1. The quantitative estimate of drug-likeness (QED) is 0.247. The van der Waals surface area contributed by atoms with Crippen molar-refractivity contribution in [2.45, 2.75) is 39.7 Å². The molecule has 0 aromatic heterocycles. The molecule has 0 bridgehead atoms. The predicted octanol–water partition coefficient (Wildman–Crippen LogP) is 5.67. The molecule has 3 aromatic carbocycles. The van der Waals surface area contributed by atoms with Crippen LogP contribution in [0, 0.1) is 10.5 Å². The molecule has 0 aliphatic heterocycles. The number of ether oxygens (including phenoxy) is 1. The highest BCUT2D eigenvalue weighted by Gasteiger charge is 2.20. The van der Waals surface area contributed by atoms with Gasteiger partial charge in [0.2, 0.25) is 10.0 Å². The highest BCUT2D eigenvalue weighted by atomic mass is 127. The second kappa shape index (κ2) is 11.6. The summed E-state index contributed by atoms with van der Waals surface area (Å²) in [6.07, 6.45) is 1.20. The lowest BCUT2D eigenvalue weighted by Crippen LogP contribution is -2.30. The Hall–Kier alpha value is -2.59. The summed E-state index contributed by atoms with van der Waals surface area (Å²) in [5.74, 6) is 0.557. The summed E-state index contributed by atoms with van der Waals surface area (Å²) in [4.78, 5) is 12.5. The van der Waals surface area contributed by atoms with Crippen molar-refractivity contribution in [2.75, 3.05) is 23.7 Å². The van der Waals surface area contributed by atoms with Gasteiger partial charge in [0.15, 0.2) is 0 Å². The third-order valence-corrected chi connectivity index (χ3v) is 7.54. The lowest BCUT2D eigenvalue weighted by molar-refractivity contribution is 0.0947. The zero-order valence-corrected chi connectivity index (χ0v) is 24.3.